The Bertz CT molecular complexity index is 3660. The number of β-amino-alcohol motifs (C(OH)–C–C–N with tert-alkyl or cyclic N) is 1. The van der Waals surface area contributed by atoms with E-state index in [4.69, 9.17) is 10.5 Å². The largest absolute Gasteiger partial charge is 0.391 e. The molecule has 3 aliphatic heterocycles. The van der Waals surface area contributed by atoms with Gasteiger partial charge in [0.25, 0.3) is 17.7 Å². The zero-order valence-electron chi connectivity index (χ0n) is 55.2. The van der Waals surface area contributed by atoms with Crippen LogP contribution in [0.1, 0.15) is 119 Å². The molecule has 3 fully saturated rings. The van der Waals surface area contributed by atoms with E-state index in [9.17, 15) is 53.1 Å². The molecule has 27 nitrogen and oxygen atoms in total. The summed E-state index contributed by atoms with van der Waals surface area (Å²) < 4.78 is 5.50. The molecule has 9 rings (SSSR count). The molecule has 10 amide bonds. The van der Waals surface area contributed by atoms with Gasteiger partial charge in [0.1, 0.15) is 18.1 Å². The molecule has 1 saturated carbocycles. The van der Waals surface area contributed by atoms with Crippen LogP contribution < -0.4 is 47.9 Å². The Morgan fingerprint density at radius 2 is 1.47 bits per heavy atom. The van der Waals surface area contributed by atoms with E-state index in [1.807, 2.05) is 49.4 Å². The van der Waals surface area contributed by atoms with Crippen molar-refractivity contribution in [3.8, 4) is 21.7 Å². The zero-order chi connectivity index (χ0) is 69.2. The van der Waals surface area contributed by atoms with Crippen molar-refractivity contribution in [3.63, 3.8) is 0 Å². The van der Waals surface area contributed by atoms with Crippen LogP contribution >= 0.6 is 11.3 Å². The normalized spacial score (nSPS) is 18.4. The third-order valence-electron chi connectivity index (χ3n) is 17.8. The highest BCUT2D eigenvalue weighted by Crippen LogP contribution is 2.32. The third kappa shape index (κ3) is 20.0. The molecule has 2 saturated heterocycles. The summed E-state index contributed by atoms with van der Waals surface area (Å²) in [5.41, 5.74) is 12.9. The summed E-state index contributed by atoms with van der Waals surface area (Å²) in [6, 6.07) is 13.5. The number of pyridine rings is 1. The second kappa shape index (κ2) is 33.9. The fourth-order valence-corrected chi connectivity index (χ4v) is 13.0. The summed E-state index contributed by atoms with van der Waals surface area (Å²) >= 11 is 1.54. The maximum Gasteiger partial charge on any atom is 0.278 e. The van der Waals surface area contributed by atoms with Crippen molar-refractivity contribution in [1.82, 2.24) is 61.6 Å². The van der Waals surface area contributed by atoms with E-state index in [0.717, 1.165) is 45.8 Å². The lowest BCUT2D eigenvalue weighted by molar-refractivity contribution is -0.144. The average Bonchev–Trinajstić information content (AvgIpc) is 1.76. The lowest BCUT2D eigenvalue weighted by atomic mass is 9.81. The van der Waals surface area contributed by atoms with Crippen LogP contribution in [0, 0.1) is 24.2 Å². The van der Waals surface area contributed by atoms with Gasteiger partial charge in [-0.1, -0.05) is 75.7 Å². The highest BCUT2D eigenvalue weighted by Gasteiger charge is 2.45. The van der Waals surface area contributed by atoms with E-state index in [0.29, 0.717) is 94.9 Å². The van der Waals surface area contributed by atoms with Gasteiger partial charge in [-0.15, -0.1) is 11.3 Å². The van der Waals surface area contributed by atoms with Gasteiger partial charge in [-0.3, -0.25) is 57.8 Å². The molecule has 10 N–H and O–H groups in total. The Hall–Kier alpha value is -9.54. The number of amides is 10. The van der Waals surface area contributed by atoms with Crippen molar-refractivity contribution >= 4 is 87.6 Å². The minimum Gasteiger partial charge on any atom is -0.391 e. The van der Waals surface area contributed by atoms with Crippen molar-refractivity contribution in [2.24, 2.45) is 17.3 Å². The summed E-state index contributed by atoms with van der Waals surface area (Å²) in [6.07, 6.45) is 10.7. The van der Waals surface area contributed by atoms with Crippen LogP contribution in [0.15, 0.2) is 90.9 Å². The Morgan fingerprint density at radius 1 is 0.763 bits per heavy atom. The Balaban J connectivity index is 0.756. The first-order chi connectivity index (χ1) is 46.6. The van der Waals surface area contributed by atoms with E-state index in [2.05, 4.69) is 62.1 Å². The van der Waals surface area contributed by atoms with E-state index in [-0.39, 0.29) is 86.4 Å². The fraction of sp³-hybridized carbons (Fsp3) is 0.478. The van der Waals surface area contributed by atoms with Gasteiger partial charge in [-0.05, 0) is 92.4 Å². The van der Waals surface area contributed by atoms with Crippen molar-refractivity contribution in [2.45, 2.75) is 136 Å². The van der Waals surface area contributed by atoms with Crippen molar-refractivity contribution < 1.29 is 57.8 Å². The number of nitrogens with zero attached hydrogens (tertiary/aromatic N) is 7. The fourth-order valence-electron chi connectivity index (χ4n) is 12.2. The number of aryl methyl sites for hydroxylation is 1. The number of carbonyl (C=O) groups excluding carboxylic acids is 10. The number of nitrogen functional groups attached to an aromatic ring is 1. The molecular formula is C69H87N15O12S. The van der Waals surface area contributed by atoms with Crippen molar-refractivity contribution in [2.75, 3.05) is 75.0 Å². The van der Waals surface area contributed by atoms with Crippen molar-refractivity contribution in [1.29, 1.82) is 0 Å². The van der Waals surface area contributed by atoms with Gasteiger partial charge in [-0.2, -0.15) is 0 Å². The molecule has 516 valence electrons. The molecule has 4 aliphatic rings. The monoisotopic (exact) mass is 1350 g/mol. The number of thiazole rings is 1. The van der Waals surface area contributed by atoms with Crippen LogP contribution in [0.25, 0.3) is 21.7 Å². The molecule has 2 unspecified atom stereocenters. The van der Waals surface area contributed by atoms with Gasteiger partial charge < -0.3 is 62.6 Å². The van der Waals surface area contributed by atoms with Crippen LogP contribution in [-0.4, -0.2) is 177 Å². The first-order valence-electron chi connectivity index (χ1n) is 33.1. The number of imide groups is 1. The van der Waals surface area contributed by atoms with Crippen LogP contribution in [0.2, 0.25) is 0 Å². The number of rotatable bonds is 29. The Kier molecular flexibility index (Phi) is 25.1. The minimum atomic E-state index is -1.16. The van der Waals surface area contributed by atoms with Gasteiger partial charge in [0, 0.05) is 94.9 Å². The number of aliphatic hydroxyl groups is 1. The van der Waals surface area contributed by atoms with Crippen LogP contribution in [-0.2, 0) is 60.9 Å². The summed E-state index contributed by atoms with van der Waals surface area (Å²) in [5, 5.41) is 30.5. The molecule has 4 atom stereocenters. The van der Waals surface area contributed by atoms with Gasteiger partial charge in [0.2, 0.25) is 41.4 Å². The van der Waals surface area contributed by atoms with Crippen LogP contribution in [0.4, 0.5) is 17.2 Å². The number of morpholine rings is 1. The van der Waals surface area contributed by atoms with Gasteiger partial charge >= 0.3 is 0 Å². The molecule has 1 aliphatic carbocycles. The number of carbonyl (C=O) groups is 10. The lowest BCUT2D eigenvalue weighted by Gasteiger charge is -2.35. The SMILES string of the molecule is Cc1ncsc1-c1ccc(CNC(=O)[C@@H]2C[C@@H](O)CN2C(=O)C(NC(=O)CNC(=O)CCC(NC(=O)CCCCCNC(=O)C2CCC(CN3C(=O)C=CC3=O)CC2)C(=O)NCCc2ccc(-c3cnc(N)c(C(=O)Nc4cnccc4N4CCOCC4)n3)cc2)C(C)(C)C)cc1. The molecular weight excluding hydrogens is 1260 g/mol. The van der Waals surface area contributed by atoms with E-state index in [1.54, 1.807) is 50.8 Å². The van der Waals surface area contributed by atoms with Gasteiger partial charge in [0.15, 0.2) is 11.5 Å². The van der Waals surface area contributed by atoms with Gasteiger partial charge in [0.05, 0.1) is 71.4 Å². The average molecular weight is 1350 g/mol. The van der Waals surface area contributed by atoms with Crippen LogP contribution in [0.3, 0.4) is 0 Å². The smallest absolute Gasteiger partial charge is 0.278 e. The first kappa shape index (κ1) is 71.7. The predicted octanol–water partition coefficient (Wildman–Crippen LogP) is 3.90. The quantitative estimate of drug-likeness (QED) is 0.0242. The predicted molar refractivity (Wildman–Crippen MR) is 362 cm³/mol. The molecule has 0 radical (unpaired) electrons. The number of anilines is 3. The second-order valence-electron chi connectivity index (χ2n) is 26.0. The number of aliphatic hydroxyl groups excluding tert-OH is 1. The maximum atomic E-state index is 14.3. The summed E-state index contributed by atoms with van der Waals surface area (Å²) in [7, 11) is 0. The molecule has 2 aromatic carbocycles. The van der Waals surface area contributed by atoms with E-state index < -0.39 is 77.5 Å². The topological polar surface area (TPSA) is 372 Å². The van der Waals surface area contributed by atoms with Gasteiger partial charge in [-0.25, -0.2) is 15.0 Å². The maximum absolute atomic E-state index is 14.3. The highest BCUT2D eigenvalue weighted by molar-refractivity contribution is 7.13. The number of hydrogen-bond acceptors (Lipinski definition) is 19. The first-order valence-corrected chi connectivity index (χ1v) is 34.0. The molecule has 0 bridgehead atoms. The lowest BCUT2D eigenvalue weighted by Crippen LogP contribution is -2.58. The molecule has 28 heteroatoms. The third-order valence-corrected chi connectivity index (χ3v) is 18.8. The van der Waals surface area contributed by atoms with E-state index >= 15 is 0 Å². The second-order valence-corrected chi connectivity index (χ2v) is 26.8. The molecule has 3 aromatic heterocycles. The molecule has 6 heterocycles. The number of ether oxygens (including phenoxy) is 1. The minimum absolute atomic E-state index is 0.00336. The molecule has 0 spiro atoms. The number of hydrogen-bond donors (Lipinski definition) is 9. The standard InChI is InChI=1S/C69H87N15O12S/c1-42-61(97-41-77-42)47-17-11-44(12-18-47)35-76-66(93)54-34-49(85)40-83(54)68(95)62(69(2,3)4)81-57(88)38-74-55(86)22-21-50(78-56(87)8-6-5-7-27-72-64(91)48-19-13-45(14-20-48)39-84-58(89)23-24-59(84)90)65(92)73-29-25-43-9-15-46(16-10-43)51-37-75-63(70)60(79-51)67(94)80-52-36-71-28-26-53(52)82-30-32-96-33-31-82/h9-12,15-18,23-24,26,28,36-37,41,45,48-50,54,62,85H,5-8,13-14,19-22,25,27,29-35,38-40H2,1-4H3,(H2,70,75)(H,72,91)(H,73,92)(H,74,86)(H,76,93)(H,78,87)(H,80,94)(H,81,88)/t45?,48?,49-,50?,54+,62?/m1/s1. The number of nitrogens with two attached hydrogens (primary N) is 1. The number of aromatic nitrogens is 4. The molecule has 5 aromatic rings. The number of nitrogens with one attached hydrogen (secondary N) is 7. The highest BCUT2D eigenvalue weighted by atomic mass is 32.1. The summed E-state index contributed by atoms with van der Waals surface area (Å²) in [5.74, 6) is -4.63. The number of likely N-dealkylation sites (tertiary alicyclic amines) is 1. The summed E-state index contributed by atoms with van der Waals surface area (Å²) in [6.45, 7) is 9.98. The van der Waals surface area contributed by atoms with Crippen LogP contribution in [0.5, 0.6) is 0 Å². The Morgan fingerprint density at radius 3 is 2.18 bits per heavy atom. The summed E-state index contributed by atoms with van der Waals surface area (Å²) in [4.78, 5) is 156. The van der Waals surface area contributed by atoms with E-state index in [1.165, 1.54) is 39.5 Å². The number of unbranched alkanes of at least 4 members (excludes halogenated alkanes) is 2. The number of benzene rings is 2. The molecule has 97 heavy (non-hydrogen) atoms. The Labute approximate surface area is 567 Å². The van der Waals surface area contributed by atoms with Crippen molar-refractivity contribution in [3.05, 3.63) is 113 Å². The zero-order valence-corrected chi connectivity index (χ0v) is 56.1.